The summed E-state index contributed by atoms with van der Waals surface area (Å²) in [4.78, 5) is 53.5. The molecule has 188 valence electrons. The third-order valence-corrected chi connectivity index (χ3v) is 9.19. The summed E-state index contributed by atoms with van der Waals surface area (Å²) in [5.41, 5.74) is 5.87. The first-order valence-corrected chi connectivity index (χ1v) is 12.9. The van der Waals surface area contributed by atoms with Crippen LogP contribution in [0.2, 0.25) is 0 Å². The Morgan fingerprint density at radius 2 is 2.00 bits per heavy atom. The fourth-order valence-electron chi connectivity index (χ4n) is 5.77. The number of carbonyl (C=O) groups is 4. The molecule has 4 aliphatic heterocycles. The van der Waals surface area contributed by atoms with Gasteiger partial charge in [-0.3, -0.25) is 14.4 Å². The lowest BCUT2D eigenvalue weighted by atomic mass is 9.73. The van der Waals surface area contributed by atoms with Gasteiger partial charge < -0.3 is 31.1 Å². The third-order valence-electron chi connectivity index (χ3n) is 7.68. The van der Waals surface area contributed by atoms with Gasteiger partial charge in [-0.25, -0.2) is 4.79 Å². The molecular formula is C23H34N4O6S. The van der Waals surface area contributed by atoms with Crippen molar-refractivity contribution in [2.45, 2.75) is 69.5 Å². The van der Waals surface area contributed by atoms with E-state index in [0.717, 1.165) is 0 Å². The monoisotopic (exact) mass is 494 g/mol. The molecule has 0 aromatic carbocycles. The van der Waals surface area contributed by atoms with Crippen LogP contribution >= 0.6 is 11.8 Å². The highest BCUT2D eigenvalue weighted by molar-refractivity contribution is 8.03. The van der Waals surface area contributed by atoms with Crippen molar-refractivity contribution in [3.63, 3.8) is 0 Å². The lowest BCUT2D eigenvalue weighted by Gasteiger charge is -2.47. The molecule has 34 heavy (non-hydrogen) atoms. The number of aliphatic carboxylic acids is 1. The van der Waals surface area contributed by atoms with Gasteiger partial charge in [-0.15, -0.1) is 11.8 Å². The van der Waals surface area contributed by atoms with Crippen LogP contribution in [0.1, 0.15) is 40.0 Å². The van der Waals surface area contributed by atoms with Crippen molar-refractivity contribution in [2.75, 3.05) is 19.6 Å². The number of aliphatic hydroxyl groups excluding tert-OH is 1. The van der Waals surface area contributed by atoms with Gasteiger partial charge in [0.1, 0.15) is 11.5 Å². The Balaban J connectivity index is 1.44. The molecule has 0 spiro atoms. The standard InChI is InChI=1S/C23H34N4O6S/c1-4-12(28)5-10(2)17-18-11(3)20(19(23(32)33)27(18)22(17)31)34-13-6-15(25-7-13)21(30)26-8-14(24)16(29)9-26/h10-11,13-18,25,29H,4-9,24H2,1-3H3,(H,32,33)/t10-,11+,13-,14-,15-,16+,17+,18+/m0/s1. The van der Waals surface area contributed by atoms with Crippen LogP contribution in [-0.2, 0) is 19.2 Å². The van der Waals surface area contributed by atoms with Gasteiger partial charge >= 0.3 is 5.97 Å². The number of carbonyl (C=O) groups excluding carboxylic acids is 3. The number of nitrogens with zero attached hydrogens (tertiary/aromatic N) is 2. The SMILES string of the molecule is CCC(=O)C[C@H](C)[C@H]1C(=O)N2C(C(=O)O)=C(S[C@@H]3CN[C@H](C(=O)N4C[C@@H](O)[C@@H](N)C4)C3)[C@H](C)[C@H]12. The maximum atomic E-state index is 13.0. The van der Waals surface area contributed by atoms with Crippen LogP contribution in [0.5, 0.6) is 0 Å². The number of carboxylic acid groups (broad SMARTS) is 1. The molecule has 0 unspecified atom stereocenters. The van der Waals surface area contributed by atoms with Crippen molar-refractivity contribution in [2.24, 2.45) is 23.5 Å². The highest BCUT2D eigenvalue weighted by Gasteiger charge is 2.60. The molecular weight excluding hydrogens is 460 g/mol. The van der Waals surface area contributed by atoms with Gasteiger partial charge in [0.2, 0.25) is 11.8 Å². The van der Waals surface area contributed by atoms with E-state index in [4.69, 9.17) is 5.73 Å². The van der Waals surface area contributed by atoms with Gasteiger partial charge in [0.25, 0.3) is 0 Å². The zero-order chi connectivity index (χ0) is 24.9. The van der Waals surface area contributed by atoms with Crippen LogP contribution in [0.4, 0.5) is 0 Å². The first-order chi connectivity index (χ1) is 16.0. The summed E-state index contributed by atoms with van der Waals surface area (Å²) in [7, 11) is 0. The molecule has 5 N–H and O–H groups in total. The first-order valence-electron chi connectivity index (χ1n) is 12.0. The number of β-lactam (4-membered cyclic amide) rings is 1. The molecule has 3 fully saturated rings. The number of hydrogen-bond acceptors (Lipinski definition) is 8. The zero-order valence-corrected chi connectivity index (χ0v) is 20.6. The molecule has 0 aromatic heterocycles. The maximum absolute atomic E-state index is 13.0. The molecule has 0 saturated carbocycles. The van der Waals surface area contributed by atoms with E-state index in [2.05, 4.69) is 5.32 Å². The summed E-state index contributed by atoms with van der Waals surface area (Å²) in [6, 6.07) is -1.10. The van der Waals surface area contributed by atoms with Crippen LogP contribution in [0, 0.1) is 17.8 Å². The molecule has 0 radical (unpaired) electrons. The van der Waals surface area contributed by atoms with E-state index in [-0.39, 0.29) is 58.9 Å². The number of β-amino-alcohol motifs (C(OH)–C–C–N with tert-alkyl or cyclic N) is 1. The Morgan fingerprint density at radius 3 is 2.59 bits per heavy atom. The number of nitrogens with two attached hydrogens (primary N) is 1. The second-order valence-electron chi connectivity index (χ2n) is 10.0. The molecule has 0 bridgehead atoms. The predicted octanol–water partition coefficient (Wildman–Crippen LogP) is -0.241. The number of rotatable bonds is 8. The second kappa shape index (κ2) is 9.60. The smallest absolute Gasteiger partial charge is 0.353 e. The third kappa shape index (κ3) is 4.27. The Bertz CT molecular complexity index is 915. The Kier molecular flexibility index (Phi) is 7.10. The van der Waals surface area contributed by atoms with E-state index in [9.17, 15) is 29.4 Å². The molecule has 10 nitrogen and oxygen atoms in total. The van der Waals surface area contributed by atoms with Gasteiger partial charge in [0, 0.05) is 54.6 Å². The highest BCUT2D eigenvalue weighted by atomic mass is 32.2. The minimum absolute atomic E-state index is 0.0201. The van der Waals surface area contributed by atoms with E-state index in [1.54, 1.807) is 11.8 Å². The quantitative estimate of drug-likeness (QED) is 0.335. The lowest BCUT2D eigenvalue weighted by molar-refractivity contribution is -0.160. The van der Waals surface area contributed by atoms with Gasteiger partial charge in [-0.1, -0.05) is 20.8 Å². The molecule has 11 heteroatoms. The van der Waals surface area contributed by atoms with Gasteiger partial charge in [0.05, 0.1) is 24.1 Å². The molecule has 0 aromatic rings. The molecule has 8 atom stereocenters. The van der Waals surface area contributed by atoms with E-state index >= 15 is 0 Å². The van der Waals surface area contributed by atoms with Crippen LogP contribution in [0.15, 0.2) is 10.6 Å². The largest absolute Gasteiger partial charge is 0.477 e. The number of fused-ring (bicyclic) bond motifs is 1. The number of amides is 2. The van der Waals surface area contributed by atoms with E-state index in [1.165, 1.54) is 16.7 Å². The maximum Gasteiger partial charge on any atom is 0.353 e. The minimum atomic E-state index is -1.13. The lowest BCUT2D eigenvalue weighted by Crippen LogP contribution is -2.62. The molecule has 4 rings (SSSR count). The normalized spacial score (nSPS) is 36.0. The molecule has 3 saturated heterocycles. The van der Waals surface area contributed by atoms with Gasteiger partial charge in [-0.2, -0.15) is 0 Å². The summed E-state index contributed by atoms with van der Waals surface area (Å²) in [6.07, 6.45) is 0.548. The number of Topliss-reactive ketones (excluding diaryl/α,β-unsaturated/α-hetero) is 1. The van der Waals surface area contributed by atoms with E-state index in [1.807, 2.05) is 13.8 Å². The van der Waals surface area contributed by atoms with Crippen molar-refractivity contribution in [3.8, 4) is 0 Å². The van der Waals surface area contributed by atoms with Crippen LogP contribution in [0.25, 0.3) is 0 Å². The van der Waals surface area contributed by atoms with E-state index in [0.29, 0.717) is 37.3 Å². The van der Waals surface area contributed by atoms with E-state index < -0.39 is 24.2 Å². The summed E-state index contributed by atoms with van der Waals surface area (Å²) in [6.45, 7) is 6.72. The topological polar surface area (TPSA) is 153 Å². The van der Waals surface area contributed by atoms with Crippen LogP contribution < -0.4 is 11.1 Å². The van der Waals surface area contributed by atoms with Crippen LogP contribution in [-0.4, -0.2) is 92.7 Å². The molecule has 4 aliphatic rings. The number of carboxylic acids is 1. The number of aliphatic hydroxyl groups is 1. The Labute approximate surface area is 203 Å². The average molecular weight is 495 g/mol. The minimum Gasteiger partial charge on any atom is -0.477 e. The zero-order valence-electron chi connectivity index (χ0n) is 19.8. The molecule has 2 amide bonds. The van der Waals surface area contributed by atoms with Crippen molar-refractivity contribution < 1.29 is 29.4 Å². The van der Waals surface area contributed by atoms with Crippen LogP contribution in [0.3, 0.4) is 0 Å². The highest BCUT2D eigenvalue weighted by Crippen LogP contribution is 2.53. The number of nitrogens with one attached hydrogen (secondary N) is 1. The summed E-state index contributed by atoms with van der Waals surface area (Å²) >= 11 is 1.44. The first kappa shape index (κ1) is 25.2. The van der Waals surface area contributed by atoms with Gasteiger partial charge in [-0.05, 0) is 12.3 Å². The van der Waals surface area contributed by atoms with Crippen molar-refractivity contribution in [1.29, 1.82) is 0 Å². The second-order valence-corrected chi connectivity index (χ2v) is 11.4. The fourth-order valence-corrected chi connectivity index (χ4v) is 7.25. The molecule has 0 aliphatic carbocycles. The predicted molar refractivity (Wildman–Crippen MR) is 125 cm³/mol. The summed E-state index contributed by atoms with van der Waals surface area (Å²) < 4.78 is 0. The molecule has 4 heterocycles. The van der Waals surface area contributed by atoms with Crippen molar-refractivity contribution in [3.05, 3.63) is 10.6 Å². The summed E-state index contributed by atoms with van der Waals surface area (Å²) in [5, 5.41) is 23.0. The number of ketones is 1. The fraction of sp³-hybridized carbons (Fsp3) is 0.739. The number of thioether (sulfide) groups is 1. The van der Waals surface area contributed by atoms with Gasteiger partial charge in [0.15, 0.2) is 0 Å². The summed E-state index contributed by atoms with van der Waals surface area (Å²) in [5.74, 6) is -2.00. The number of likely N-dealkylation sites (tertiary alicyclic amines) is 1. The van der Waals surface area contributed by atoms with Crippen molar-refractivity contribution in [1.82, 2.24) is 15.1 Å². The van der Waals surface area contributed by atoms with Crippen molar-refractivity contribution >= 4 is 35.3 Å². The number of hydrogen-bond donors (Lipinski definition) is 4. The Hall–Kier alpha value is -1.95. The average Bonchev–Trinajstić information content (AvgIpc) is 3.44. The Morgan fingerprint density at radius 1 is 1.29 bits per heavy atom.